The zero-order chi connectivity index (χ0) is 24.2. The van der Waals surface area contributed by atoms with Crippen LogP contribution in [0.15, 0.2) is 65.7 Å². The van der Waals surface area contributed by atoms with Gasteiger partial charge >= 0.3 is 0 Å². The predicted molar refractivity (Wildman–Crippen MR) is 115 cm³/mol. The van der Waals surface area contributed by atoms with Gasteiger partial charge in [-0.25, -0.2) is 17.6 Å². The van der Waals surface area contributed by atoms with Crippen LogP contribution in [-0.4, -0.2) is 57.1 Å². The molecule has 2 heterocycles. The van der Waals surface area contributed by atoms with Crippen LogP contribution in [-0.2, 0) is 6.54 Å². The van der Waals surface area contributed by atoms with E-state index in [0.29, 0.717) is 5.56 Å². The van der Waals surface area contributed by atoms with Crippen LogP contribution in [0.5, 0.6) is 0 Å². The smallest absolute Gasteiger partial charge is 0.252 e. The van der Waals surface area contributed by atoms with Crippen LogP contribution in [0.2, 0.25) is 0 Å². The molecule has 0 spiro atoms. The first-order valence-electron chi connectivity index (χ1n) is 10.3. The first kappa shape index (κ1) is 23.3. The van der Waals surface area contributed by atoms with Crippen LogP contribution in [0.1, 0.15) is 21.5 Å². The number of aliphatic hydroxyl groups is 1. The Kier molecular flexibility index (Phi) is 6.82. The van der Waals surface area contributed by atoms with Crippen LogP contribution in [0.4, 0.5) is 17.6 Å². The van der Waals surface area contributed by atoms with Crippen molar-refractivity contribution in [3.05, 3.63) is 89.0 Å². The van der Waals surface area contributed by atoms with E-state index in [9.17, 15) is 23.1 Å². The third kappa shape index (κ3) is 4.74. The number of aliphatic imine (C=N–C) groups is 1. The highest BCUT2D eigenvalue weighted by Gasteiger charge is 2.30. The topological polar surface area (TPSA) is 92.4 Å². The summed E-state index contributed by atoms with van der Waals surface area (Å²) in [7, 11) is 0. The normalized spacial score (nSPS) is 15.3. The average molecular weight is 473 g/mol. The summed E-state index contributed by atoms with van der Waals surface area (Å²) in [5.41, 5.74) is -0.527. The molecular weight excluding hydrogens is 454 g/mol. The van der Waals surface area contributed by atoms with Crippen molar-refractivity contribution >= 4 is 17.2 Å². The summed E-state index contributed by atoms with van der Waals surface area (Å²) in [4.78, 5) is 18.2. The van der Waals surface area contributed by atoms with Crippen LogP contribution < -0.4 is 5.32 Å². The van der Waals surface area contributed by atoms with Gasteiger partial charge in [-0.2, -0.15) is 15.0 Å². The van der Waals surface area contributed by atoms with Gasteiger partial charge in [0.25, 0.3) is 5.91 Å². The minimum atomic E-state index is -1.86. The van der Waals surface area contributed by atoms with Crippen molar-refractivity contribution in [3.63, 3.8) is 0 Å². The number of rotatable bonds is 8. The fraction of sp³-hybridized carbons (Fsp3) is 0.217. The van der Waals surface area contributed by atoms with Crippen molar-refractivity contribution in [2.75, 3.05) is 13.2 Å². The maximum atomic E-state index is 15.3. The van der Waals surface area contributed by atoms with Gasteiger partial charge in [0.15, 0.2) is 5.83 Å². The highest BCUT2D eigenvalue weighted by molar-refractivity contribution is 6.21. The lowest BCUT2D eigenvalue weighted by atomic mass is 9.98. The Hall–Kier alpha value is -3.86. The molecule has 0 aliphatic carbocycles. The first-order chi connectivity index (χ1) is 16.4. The Labute approximate surface area is 191 Å². The molecule has 0 bridgehead atoms. The molecule has 0 saturated carbocycles. The van der Waals surface area contributed by atoms with Crippen LogP contribution in [0.3, 0.4) is 0 Å². The number of hydrogen-bond donors (Lipinski definition) is 2. The minimum Gasteiger partial charge on any atom is -0.393 e. The van der Waals surface area contributed by atoms with E-state index in [-0.39, 0.29) is 35.5 Å². The average Bonchev–Trinajstić information content (AvgIpc) is 3.48. The lowest BCUT2D eigenvalue weighted by molar-refractivity contribution is 0.0844. The molecule has 0 radical (unpaired) electrons. The maximum Gasteiger partial charge on any atom is 0.252 e. The number of halogens is 4. The number of carbonyl (C=O) groups excluding carboxylic acids is 1. The second kappa shape index (κ2) is 9.96. The van der Waals surface area contributed by atoms with Gasteiger partial charge in [-0.15, -0.1) is 0 Å². The number of nitrogens with one attached hydrogen (secondary N) is 1. The summed E-state index contributed by atoms with van der Waals surface area (Å²) in [6.45, 7) is -1.21. The predicted octanol–water partition coefficient (Wildman–Crippen LogP) is 2.87. The zero-order valence-corrected chi connectivity index (χ0v) is 17.6. The highest BCUT2D eigenvalue weighted by atomic mass is 19.1. The summed E-state index contributed by atoms with van der Waals surface area (Å²) >= 11 is 0. The number of nitrogens with zero attached hydrogens (tertiary/aromatic N) is 4. The van der Waals surface area contributed by atoms with Crippen molar-refractivity contribution in [2.45, 2.75) is 18.8 Å². The van der Waals surface area contributed by atoms with Crippen molar-refractivity contribution in [1.29, 1.82) is 0 Å². The quantitative estimate of drug-likeness (QED) is 0.492. The van der Waals surface area contributed by atoms with Gasteiger partial charge in [0.05, 0.1) is 49.3 Å². The van der Waals surface area contributed by atoms with Gasteiger partial charge in [-0.05, 0) is 29.8 Å². The summed E-state index contributed by atoms with van der Waals surface area (Å²) in [6, 6.07) is 7.40. The Bertz CT molecular complexity index is 1240. The standard InChI is InChI=1S/C23H19F4N5O2/c24-14-6-4-13(5-7-14)16-10-28-22(21(16)27)20-15(2-1-3-17(20)25)23(34)31-19(18(26)12-33)11-32-29-8-9-30-32/h1-9,18-19,33H,10-12H2,(H,31,34)/t18-,19-/m1/s1. The number of aliphatic hydroxyl groups excluding tert-OH is 1. The third-order valence-electron chi connectivity index (χ3n) is 5.31. The largest absolute Gasteiger partial charge is 0.393 e. The van der Waals surface area contributed by atoms with E-state index < -0.39 is 42.2 Å². The molecule has 2 atom stereocenters. The Balaban J connectivity index is 1.65. The summed E-state index contributed by atoms with van der Waals surface area (Å²) < 4.78 is 57.7. The molecule has 1 amide bonds. The van der Waals surface area contributed by atoms with Crippen molar-refractivity contribution in [3.8, 4) is 0 Å². The van der Waals surface area contributed by atoms with Crippen LogP contribution >= 0.6 is 0 Å². The van der Waals surface area contributed by atoms with Crippen molar-refractivity contribution in [1.82, 2.24) is 20.3 Å². The lowest BCUT2D eigenvalue weighted by Gasteiger charge is -2.21. The number of alkyl halides is 1. The Morgan fingerprint density at radius 2 is 1.79 bits per heavy atom. The second-order valence-electron chi connectivity index (χ2n) is 7.49. The van der Waals surface area contributed by atoms with Crippen LogP contribution in [0, 0.1) is 11.6 Å². The van der Waals surface area contributed by atoms with E-state index in [1.54, 1.807) is 0 Å². The van der Waals surface area contributed by atoms with E-state index in [4.69, 9.17) is 0 Å². The van der Waals surface area contributed by atoms with Gasteiger partial charge in [0, 0.05) is 5.57 Å². The van der Waals surface area contributed by atoms with E-state index in [1.807, 2.05) is 0 Å². The number of carbonyl (C=O) groups is 1. The molecule has 1 aliphatic rings. The Morgan fingerprint density at radius 3 is 2.47 bits per heavy atom. The molecule has 176 valence electrons. The second-order valence-corrected chi connectivity index (χ2v) is 7.49. The van der Waals surface area contributed by atoms with Crippen molar-refractivity contribution < 1.29 is 27.5 Å². The summed E-state index contributed by atoms with van der Waals surface area (Å²) in [6.07, 6.45) is 0.862. The van der Waals surface area contributed by atoms with E-state index in [2.05, 4.69) is 20.5 Å². The molecule has 34 heavy (non-hydrogen) atoms. The fourth-order valence-corrected chi connectivity index (χ4v) is 3.59. The molecule has 4 rings (SSSR count). The Morgan fingerprint density at radius 1 is 1.09 bits per heavy atom. The number of allylic oxidation sites excluding steroid dienone is 1. The fourth-order valence-electron chi connectivity index (χ4n) is 3.59. The number of hydrogen-bond acceptors (Lipinski definition) is 5. The van der Waals surface area contributed by atoms with Gasteiger partial charge in [0.1, 0.15) is 23.5 Å². The number of amides is 1. The van der Waals surface area contributed by atoms with E-state index >= 15 is 4.39 Å². The van der Waals surface area contributed by atoms with Crippen molar-refractivity contribution in [2.24, 2.45) is 4.99 Å². The van der Waals surface area contributed by atoms with Crippen LogP contribution in [0.25, 0.3) is 5.57 Å². The lowest BCUT2D eigenvalue weighted by Crippen LogP contribution is -2.46. The molecule has 3 aromatic rings. The van der Waals surface area contributed by atoms with Gasteiger partial charge in [-0.1, -0.05) is 18.2 Å². The zero-order valence-electron chi connectivity index (χ0n) is 17.6. The molecule has 0 fully saturated rings. The first-order valence-corrected chi connectivity index (χ1v) is 10.3. The third-order valence-corrected chi connectivity index (χ3v) is 5.31. The molecule has 11 heteroatoms. The monoisotopic (exact) mass is 473 g/mol. The molecule has 0 saturated heterocycles. The molecule has 1 aromatic heterocycles. The van der Waals surface area contributed by atoms with Gasteiger partial charge in [-0.3, -0.25) is 9.79 Å². The summed E-state index contributed by atoms with van der Waals surface area (Å²) in [5, 5.41) is 19.3. The highest BCUT2D eigenvalue weighted by Crippen LogP contribution is 2.31. The van der Waals surface area contributed by atoms with Gasteiger partial charge in [0.2, 0.25) is 0 Å². The maximum absolute atomic E-state index is 15.3. The molecule has 2 N–H and O–H groups in total. The number of aromatic nitrogens is 3. The molecule has 1 aliphatic heterocycles. The SMILES string of the molecule is O=C(N[C@H](Cn1nccn1)[C@H](F)CO)c1cccc(F)c1C1=NCC(c2ccc(F)cc2)=C1F. The van der Waals surface area contributed by atoms with E-state index in [0.717, 1.165) is 10.9 Å². The molecule has 0 unspecified atom stereocenters. The minimum absolute atomic E-state index is 0.122. The summed E-state index contributed by atoms with van der Waals surface area (Å²) in [5.74, 6) is -3.13. The van der Waals surface area contributed by atoms with Gasteiger partial charge < -0.3 is 10.4 Å². The molecule has 7 nitrogen and oxygen atoms in total. The van der Waals surface area contributed by atoms with E-state index in [1.165, 1.54) is 48.8 Å². The number of benzene rings is 2. The molecular formula is C23H19F4N5O2. The molecule has 2 aromatic carbocycles.